The van der Waals surface area contributed by atoms with Gasteiger partial charge in [0.05, 0.1) is 19.4 Å². The fraction of sp³-hybridized carbons (Fsp3) is 0.800. The minimum absolute atomic E-state index is 0.150. The van der Waals surface area contributed by atoms with Crippen molar-refractivity contribution in [3.05, 3.63) is 6.54 Å². The summed E-state index contributed by atoms with van der Waals surface area (Å²) in [6.07, 6.45) is 2.68. The van der Waals surface area contributed by atoms with E-state index in [1.807, 2.05) is 0 Å². The Balaban J connectivity index is 2.35. The molecule has 0 aromatic heterocycles. The lowest BCUT2D eigenvalue weighted by Gasteiger charge is -2.28. The van der Waals surface area contributed by atoms with Gasteiger partial charge in [-0.05, 0) is 25.7 Å². The summed E-state index contributed by atoms with van der Waals surface area (Å²) in [6, 6.07) is 0. The number of rotatable bonds is 4. The first-order valence-corrected chi connectivity index (χ1v) is 7.15. The molecule has 6 heteroatoms. The second-order valence-corrected chi connectivity index (χ2v) is 5.77. The monoisotopic (exact) mass is 247 g/mol. The molecule has 0 aromatic carbocycles. The zero-order chi connectivity index (χ0) is 12.2. The van der Waals surface area contributed by atoms with Crippen molar-refractivity contribution in [2.45, 2.75) is 26.2 Å². The predicted octanol–water partition coefficient (Wildman–Crippen LogP) is 0.650. The normalized spacial score (nSPS) is 19.6. The van der Waals surface area contributed by atoms with Crippen molar-refractivity contribution >= 4 is 16.0 Å². The molecule has 5 nitrogen and oxygen atoms in total. The topological polar surface area (TPSA) is 63.7 Å². The second kappa shape index (κ2) is 5.63. The minimum Gasteiger partial charge on any atom is -0.466 e. The van der Waals surface area contributed by atoms with Crippen LogP contribution in [-0.2, 0) is 19.6 Å². The molecule has 1 heterocycles. The maximum Gasteiger partial charge on any atom is 0.306 e. The van der Waals surface area contributed by atoms with E-state index >= 15 is 0 Å². The van der Waals surface area contributed by atoms with Gasteiger partial charge >= 0.3 is 5.97 Å². The Morgan fingerprint density at radius 1 is 1.56 bits per heavy atom. The van der Waals surface area contributed by atoms with E-state index in [9.17, 15) is 13.2 Å². The highest BCUT2D eigenvalue weighted by Crippen LogP contribution is 2.24. The van der Waals surface area contributed by atoms with Gasteiger partial charge in [-0.2, -0.15) is 4.31 Å². The Kier molecular flexibility index (Phi) is 4.73. The van der Waals surface area contributed by atoms with E-state index in [4.69, 9.17) is 4.74 Å². The third-order valence-electron chi connectivity index (χ3n) is 2.46. The summed E-state index contributed by atoms with van der Waals surface area (Å²) in [7, 11) is -3.18. The molecule has 0 bridgehead atoms. The summed E-state index contributed by atoms with van der Waals surface area (Å²) in [4.78, 5) is 11.2. The molecule has 0 N–H and O–H groups in total. The highest BCUT2D eigenvalue weighted by atomic mass is 32.2. The summed E-state index contributed by atoms with van der Waals surface area (Å²) < 4.78 is 28.4. The Labute approximate surface area is 96.8 Å². The van der Waals surface area contributed by atoms with Gasteiger partial charge in [0.1, 0.15) is 0 Å². The lowest BCUT2D eigenvalue weighted by atomic mass is 9.95. The van der Waals surface area contributed by atoms with Gasteiger partial charge < -0.3 is 4.74 Å². The Hall–Kier alpha value is -0.620. The first-order valence-electron chi connectivity index (χ1n) is 5.30. The molecule has 1 aliphatic rings. The van der Waals surface area contributed by atoms with Crippen LogP contribution in [0.1, 0.15) is 26.2 Å². The largest absolute Gasteiger partial charge is 0.466 e. The van der Waals surface area contributed by atoms with Crippen molar-refractivity contribution < 1.29 is 17.9 Å². The number of esters is 1. The average Bonchev–Trinajstić information content (AvgIpc) is 2.17. The van der Waals surface area contributed by atoms with Crippen LogP contribution < -0.4 is 0 Å². The fourth-order valence-electron chi connectivity index (χ4n) is 1.62. The summed E-state index contributed by atoms with van der Waals surface area (Å²) in [6.45, 7) is 5.35. The van der Waals surface area contributed by atoms with Crippen LogP contribution in [0.4, 0.5) is 0 Å². The molecule has 1 aliphatic heterocycles. The van der Waals surface area contributed by atoms with Crippen LogP contribution in [0.3, 0.4) is 0 Å². The molecule has 0 amide bonds. The van der Waals surface area contributed by atoms with E-state index in [-0.39, 0.29) is 11.9 Å². The van der Waals surface area contributed by atoms with Gasteiger partial charge in [0.2, 0.25) is 10.0 Å². The highest BCUT2D eigenvalue weighted by molar-refractivity contribution is 7.88. The van der Waals surface area contributed by atoms with Crippen molar-refractivity contribution in [1.29, 1.82) is 0 Å². The molecule has 1 fully saturated rings. The van der Waals surface area contributed by atoms with Gasteiger partial charge in [-0.15, -0.1) is 0 Å². The molecule has 0 saturated carbocycles. The summed E-state index contributed by atoms with van der Waals surface area (Å²) in [5.74, 6) is -0.0702. The molecule has 0 aliphatic carbocycles. The number of carbonyl (C=O) groups excluding carboxylic acids is 1. The van der Waals surface area contributed by atoms with E-state index in [1.54, 1.807) is 6.92 Å². The number of sulfonamides is 1. The molecule has 92 valence electrons. The zero-order valence-corrected chi connectivity index (χ0v) is 10.4. The van der Waals surface area contributed by atoms with Crippen LogP contribution in [-0.4, -0.2) is 38.1 Å². The van der Waals surface area contributed by atoms with Crippen molar-refractivity contribution in [2.75, 3.05) is 19.4 Å². The van der Waals surface area contributed by atoms with Crippen LogP contribution >= 0.6 is 0 Å². The molecule has 1 rings (SSSR count). The van der Waals surface area contributed by atoms with Crippen molar-refractivity contribution in [3.8, 4) is 0 Å². The SMILES string of the molecule is CCOC(=O)CC1C[C]N(S(C)(=O)=O)CC1. The summed E-state index contributed by atoms with van der Waals surface area (Å²) in [5.41, 5.74) is 0. The molecular weight excluding hydrogens is 230 g/mol. The number of hydrogen-bond donors (Lipinski definition) is 0. The molecule has 0 spiro atoms. The van der Waals surface area contributed by atoms with E-state index in [2.05, 4.69) is 6.54 Å². The highest BCUT2D eigenvalue weighted by Gasteiger charge is 2.27. The minimum atomic E-state index is -3.18. The standard InChI is InChI=1S/C10H17NO4S/c1-3-15-10(12)8-9-4-6-11(7-5-9)16(2,13)14/h9H,3-6,8H2,1-2H3. The maximum atomic E-state index is 11.2. The molecule has 1 saturated heterocycles. The third kappa shape index (κ3) is 4.09. The van der Waals surface area contributed by atoms with Crippen molar-refractivity contribution in [1.82, 2.24) is 4.31 Å². The first-order chi connectivity index (χ1) is 7.43. The maximum absolute atomic E-state index is 11.2. The number of ether oxygens (including phenoxy) is 1. The lowest BCUT2D eigenvalue weighted by molar-refractivity contribution is -0.144. The first kappa shape index (κ1) is 13.4. The molecule has 0 aromatic rings. The van der Waals surface area contributed by atoms with Gasteiger partial charge in [0, 0.05) is 13.0 Å². The second-order valence-electron chi connectivity index (χ2n) is 3.86. The Morgan fingerprint density at radius 2 is 2.25 bits per heavy atom. The van der Waals surface area contributed by atoms with Crippen LogP contribution in [0.2, 0.25) is 0 Å². The number of hydrogen-bond acceptors (Lipinski definition) is 4. The predicted molar refractivity (Wildman–Crippen MR) is 58.8 cm³/mol. The Morgan fingerprint density at radius 3 is 2.69 bits per heavy atom. The van der Waals surface area contributed by atoms with Gasteiger partial charge in [0.25, 0.3) is 0 Å². The number of carbonyl (C=O) groups is 1. The smallest absolute Gasteiger partial charge is 0.306 e. The van der Waals surface area contributed by atoms with Crippen LogP contribution in [0, 0.1) is 12.5 Å². The number of piperidine rings is 1. The molecule has 1 unspecified atom stereocenters. The van der Waals surface area contributed by atoms with Gasteiger partial charge in [-0.1, -0.05) is 0 Å². The van der Waals surface area contributed by atoms with E-state index < -0.39 is 10.0 Å². The van der Waals surface area contributed by atoms with Crippen LogP contribution in [0.25, 0.3) is 0 Å². The average molecular weight is 247 g/mol. The van der Waals surface area contributed by atoms with Crippen LogP contribution in [0.15, 0.2) is 0 Å². The molecule has 2 radical (unpaired) electrons. The van der Waals surface area contributed by atoms with E-state index in [0.717, 1.165) is 6.26 Å². The van der Waals surface area contributed by atoms with Crippen LogP contribution in [0.5, 0.6) is 0 Å². The van der Waals surface area contributed by atoms with Gasteiger partial charge in [-0.3, -0.25) is 4.79 Å². The van der Waals surface area contributed by atoms with E-state index in [0.29, 0.717) is 32.4 Å². The molecular formula is C10H17NO4S. The summed E-state index contributed by atoms with van der Waals surface area (Å²) >= 11 is 0. The Bertz CT molecular complexity index is 331. The van der Waals surface area contributed by atoms with Crippen molar-refractivity contribution in [3.63, 3.8) is 0 Å². The van der Waals surface area contributed by atoms with Crippen molar-refractivity contribution in [2.24, 2.45) is 5.92 Å². The number of nitrogens with zero attached hydrogens (tertiary/aromatic N) is 1. The molecule has 16 heavy (non-hydrogen) atoms. The summed E-state index contributed by atoms with van der Waals surface area (Å²) in [5, 5.41) is 0. The van der Waals surface area contributed by atoms with Gasteiger partial charge in [-0.25, -0.2) is 8.42 Å². The fourth-order valence-corrected chi connectivity index (χ4v) is 2.37. The quantitative estimate of drug-likeness (QED) is 0.684. The van der Waals surface area contributed by atoms with Gasteiger partial charge in [0.15, 0.2) is 0 Å². The third-order valence-corrected chi connectivity index (χ3v) is 3.57. The lowest BCUT2D eigenvalue weighted by Crippen LogP contribution is -2.35. The molecule has 1 atom stereocenters. The zero-order valence-electron chi connectivity index (χ0n) is 9.60. The van der Waals surface area contributed by atoms with E-state index in [1.165, 1.54) is 4.31 Å².